The second-order valence-corrected chi connectivity index (χ2v) is 11.6. The van der Waals surface area contributed by atoms with Crippen molar-refractivity contribution >= 4 is 40.0 Å². The molecule has 0 saturated carbocycles. The molecule has 0 spiro atoms. The summed E-state index contributed by atoms with van der Waals surface area (Å²) in [6.45, 7) is 8.01. The Bertz CT molecular complexity index is 1830. The molecule has 0 aliphatic rings. The number of urea groups is 1. The zero-order valence-corrected chi connectivity index (χ0v) is 26.9. The Morgan fingerprint density at radius 1 is 0.913 bits per heavy atom. The number of amides is 3. The first-order chi connectivity index (χ1) is 22.2. The van der Waals surface area contributed by atoms with Crippen LogP contribution >= 0.6 is 0 Å². The lowest BCUT2D eigenvalue weighted by molar-refractivity contribution is -0.119. The third-order valence-electron chi connectivity index (χ3n) is 7.56. The fourth-order valence-electron chi connectivity index (χ4n) is 5.14. The van der Waals surface area contributed by atoms with Gasteiger partial charge in [0.05, 0.1) is 17.1 Å². The maximum Gasteiger partial charge on any atom is 0.324 e. The van der Waals surface area contributed by atoms with Gasteiger partial charge in [-0.15, -0.1) is 0 Å². The average Bonchev–Trinajstić information content (AvgIpc) is 3.43. The van der Waals surface area contributed by atoms with E-state index in [-0.39, 0.29) is 18.5 Å². The number of aromatic nitrogens is 3. The first-order valence-corrected chi connectivity index (χ1v) is 15.4. The van der Waals surface area contributed by atoms with E-state index in [9.17, 15) is 9.59 Å². The van der Waals surface area contributed by atoms with Crippen molar-refractivity contribution in [2.45, 2.75) is 52.6 Å². The molecule has 0 radical (unpaired) electrons. The first-order valence-electron chi connectivity index (χ1n) is 15.4. The minimum absolute atomic E-state index is 0.0629. The minimum atomic E-state index is -0.775. The SMILES string of the molecule is CCCCc1cc(NC(=O)Nc2ccc(OC(C)(C)c3ccnc(NC(=O)COC)c3)c3ccccc23)n(-c2ccc(C)cc2)n1. The van der Waals surface area contributed by atoms with Crippen molar-refractivity contribution in [2.24, 2.45) is 0 Å². The zero-order chi connectivity index (χ0) is 32.7. The Morgan fingerprint density at radius 2 is 1.67 bits per heavy atom. The van der Waals surface area contributed by atoms with Crippen molar-refractivity contribution in [1.29, 1.82) is 0 Å². The second kappa shape index (κ2) is 14.3. The third-order valence-corrected chi connectivity index (χ3v) is 7.56. The van der Waals surface area contributed by atoms with Gasteiger partial charge < -0.3 is 20.1 Å². The summed E-state index contributed by atoms with van der Waals surface area (Å²) in [5.41, 5.74) is 3.63. The van der Waals surface area contributed by atoms with Crippen molar-refractivity contribution in [2.75, 3.05) is 29.7 Å². The molecule has 10 heteroatoms. The molecule has 0 aliphatic heterocycles. The van der Waals surface area contributed by atoms with Crippen LogP contribution in [-0.4, -0.2) is 40.4 Å². The lowest BCUT2D eigenvalue weighted by Gasteiger charge is -2.28. The fraction of sp³-hybridized carbons (Fsp3) is 0.278. The number of nitrogens with zero attached hydrogens (tertiary/aromatic N) is 3. The van der Waals surface area contributed by atoms with Crippen LogP contribution < -0.4 is 20.7 Å². The molecule has 5 rings (SSSR count). The Labute approximate surface area is 269 Å². The molecule has 5 aromatic rings. The summed E-state index contributed by atoms with van der Waals surface area (Å²) in [5.74, 6) is 1.35. The minimum Gasteiger partial charge on any atom is -0.483 e. The van der Waals surface area contributed by atoms with Crippen LogP contribution in [0.5, 0.6) is 5.75 Å². The van der Waals surface area contributed by atoms with Crippen LogP contribution in [0.1, 0.15) is 50.4 Å². The molecular formula is C36H40N6O4. The highest BCUT2D eigenvalue weighted by Crippen LogP contribution is 2.36. The molecule has 0 unspecified atom stereocenters. The number of hydrogen-bond acceptors (Lipinski definition) is 6. The van der Waals surface area contributed by atoms with Crippen LogP contribution in [-0.2, 0) is 21.6 Å². The van der Waals surface area contributed by atoms with Gasteiger partial charge in [0.2, 0.25) is 0 Å². The molecule has 0 aliphatic carbocycles. The molecular weight excluding hydrogens is 580 g/mol. The summed E-state index contributed by atoms with van der Waals surface area (Å²) >= 11 is 0. The lowest BCUT2D eigenvalue weighted by Crippen LogP contribution is -2.26. The molecule has 0 bridgehead atoms. The van der Waals surface area contributed by atoms with E-state index in [1.54, 1.807) is 16.9 Å². The number of hydrogen-bond donors (Lipinski definition) is 3. The molecule has 0 fully saturated rings. The summed E-state index contributed by atoms with van der Waals surface area (Å²) in [7, 11) is 1.46. The topological polar surface area (TPSA) is 119 Å². The molecule has 2 aromatic heterocycles. The van der Waals surface area contributed by atoms with E-state index < -0.39 is 5.60 Å². The van der Waals surface area contributed by atoms with Gasteiger partial charge in [-0.2, -0.15) is 5.10 Å². The van der Waals surface area contributed by atoms with Gasteiger partial charge in [0, 0.05) is 30.1 Å². The standard InChI is InChI=1S/C36H40N6O4/c1-6-7-10-26-22-33(42(41-26)27-15-13-24(2)14-16-27)40-35(44)38-30-17-18-31(29-12-9-8-11-28(29)30)46-36(3,4)25-19-20-37-32(21-25)39-34(43)23-45-5/h8-9,11-22H,6-7,10,23H2,1-5H3,(H,37,39,43)(H2,38,40,44). The van der Waals surface area contributed by atoms with Crippen molar-refractivity contribution in [3.8, 4) is 11.4 Å². The summed E-state index contributed by atoms with van der Waals surface area (Å²) in [5, 5.41) is 15.2. The third kappa shape index (κ3) is 7.70. The van der Waals surface area contributed by atoms with Crippen molar-refractivity contribution < 1.29 is 19.1 Å². The molecule has 238 valence electrons. The van der Waals surface area contributed by atoms with Gasteiger partial charge in [0.25, 0.3) is 5.91 Å². The van der Waals surface area contributed by atoms with Crippen LogP contribution in [0.3, 0.4) is 0 Å². The number of nitrogens with one attached hydrogen (secondary N) is 3. The number of aryl methyl sites for hydroxylation is 2. The Hall–Kier alpha value is -5.22. The first kappa shape index (κ1) is 32.2. The number of unbranched alkanes of at least 4 members (excludes halogenated alkanes) is 1. The van der Waals surface area contributed by atoms with Gasteiger partial charge in [-0.25, -0.2) is 14.5 Å². The van der Waals surface area contributed by atoms with E-state index >= 15 is 0 Å². The van der Waals surface area contributed by atoms with Crippen LogP contribution in [0.2, 0.25) is 0 Å². The molecule has 3 amide bonds. The van der Waals surface area contributed by atoms with Crippen LogP contribution in [0.4, 0.5) is 22.1 Å². The fourth-order valence-corrected chi connectivity index (χ4v) is 5.14. The van der Waals surface area contributed by atoms with Gasteiger partial charge in [-0.3, -0.25) is 10.1 Å². The molecule has 3 N–H and O–H groups in total. The molecule has 3 aromatic carbocycles. The molecule has 2 heterocycles. The van der Waals surface area contributed by atoms with Crippen molar-refractivity contribution in [3.05, 3.63) is 102 Å². The van der Waals surface area contributed by atoms with Gasteiger partial charge in [0.1, 0.15) is 29.6 Å². The average molecular weight is 621 g/mol. The van der Waals surface area contributed by atoms with E-state index in [4.69, 9.17) is 14.6 Å². The number of pyridine rings is 1. The van der Waals surface area contributed by atoms with E-state index in [2.05, 4.69) is 27.9 Å². The molecule has 0 saturated heterocycles. The van der Waals surface area contributed by atoms with E-state index in [0.717, 1.165) is 52.5 Å². The number of anilines is 3. The predicted molar refractivity (Wildman–Crippen MR) is 182 cm³/mol. The van der Waals surface area contributed by atoms with E-state index in [1.165, 1.54) is 7.11 Å². The number of benzene rings is 3. The Balaban J connectivity index is 1.37. The highest BCUT2D eigenvalue weighted by molar-refractivity contribution is 6.07. The van der Waals surface area contributed by atoms with Gasteiger partial charge in [-0.05, 0) is 75.6 Å². The highest BCUT2D eigenvalue weighted by Gasteiger charge is 2.25. The largest absolute Gasteiger partial charge is 0.483 e. The number of methoxy groups -OCH3 is 1. The summed E-state index contributed by atoms with van der Waals surface area (Å²) in [6, 6.07) is 24.7. The van der Waals surface area contributed by atoms with Crippen LogP contribution in [0.15, 0.2) is 85.1 Å². The second-order valence-electron chi connectivity index (χ2n) is 11.6. The maximum atomic E-state index is 13.4. The van der Waals surface area contributed by atoms with E-state index in [1.807, 2.05) is 93.6 Å². The summed E-state index contributed by atoms with van der Waals surface area (Å²) in [6.07, 6.45) is 4.53. The van der Waals surface area contributed by atoms with Crippen LogP contribution in [0.25, 0.3) is 16.5 Å². The molecule has 10 nitrogen and oxygen atoms in total. The monoisotopic (exact) mass is 620 g/mol. The molecule has 0 atom stereocenters. The summed E-state index contributed by atoms with van der Waals surface area (Å²) in [4.78, 5) is 29.7. The maximum absolute atomic E-state index is 13.4. The zero-order valence-electron chi connectivity index (χ0n) is 26.9. The van der Waals surface area contributed by atoms with Gasteiger partial charge in [-0.1, -0.05) is 55.3 Å². The van der Waals surface area contributed by atoms with Gasteiger partial charge in [0.15, 0.2) is 0 Å². The highest BCUT2D eigenvalue weighted by atomic mass is 16.5. The smallest absolute Gasteiger partial charge is 0.324 e. The number of carbonyl (C=O) groups is 2. The molecule has 46 heavy (non-hydrogen) atoms. The number of carbonyl (C=O) groups excluding carboxylic acids is 2. The number of fused-ring (bicyclic) bond motifs is 1. The normalized spacial score (nSPS) is 11.3. The number of ether oxygens (including phenoxy) is 2. The Morgan fingerprint density at radius 3 is 2.41 bits per heavy atom. The van der Waals surface area contributed by atoms with Crippen molar-refractivity contribution in [3.63, 3.8) is 0 Å². The lowest BCUT2D eigenvalue weighted by atomic mass is 9.98. The van der Waals surface area contributed by atoms with Gasteiger partial charge >= 0.3 is 6.03 Å². The summed E-state index contributed by atoms with van der Waals surface area (Å²) < 4.78 is 13.2. The van der Waals surface area contributed by atoms with Crippen molar-refractivity contribution in [1.82, 2.24) is 14.8 Å². The number of rotatable bonds is 12. The van der Waals surface area contributed by atoms with Crippen LogP contribution in [0, 0.1) is 6.92 Å². The Kier molecular flexibility index (Phi) is 9.97. The quantitative estimate of drug-likeness (QED) is 0.132. The predicted octanol–water partition coefficient (Wildman–Crippen LogP) is 7.61. The van der Waals surface area contributed by atoms with E-state index in [0.29, 0.717) is 23.1 Å².